The average Bonchev–Trinajstić information content (AvgIpc) is 3.00. The highest BCUT2D eigenvalue weighted by molar-refractivity contribution is 5.43. The minimum atomic E-state index is 0.741. The molecule has 0 amide bonds. The molecular weight excluding hydrogens is 188 g/mol. The van der Waals surface area contributed by atoms with Gasteiger partial charge in [-0.3, -0.25) is 9.58 Å². The molecule has 0 bridgehead atoms. The number of anilines is 1. The molecule has 0 aromatic carbocycles. The maximum absolute atomic E-state index is 5.92. The highest BCUT2D eigenvalue weighted by Crippen LogP contribution is 2.30. The Morgan fingerprint density at radius 1 is 1.27 bits per heavy atom. The van der Waals surface area contributed by atoms with Gasteiger partial charge in [0, 0.05) is 43.9 Å². The van der Waals surface area contributed by atoms with Crippen LogP contribution in [-0.4, -0.2) is 33.8 Å². The molecular formula is C11H18N4. The van der Waals surface area contributed by atoms with Crippen LogP contribution in [0.3, 0.4) is 0 Å². The van der Waals surface area contributed by atoms with E-state index in [9.17, 15) is 0 Å². The van der Waals surface area contributed by atoms with E-state index in [0.29, 0.717) is 0 Å². The van der Waals surface area contributed by atoms with Crippen molar-refractivity contribution in [3.05, 3.63) is 11.3 Å². The Bertz CT molecular complexity index is 350. The Balaban J connectivity index is 1.84. The summed E-state index contributed by atoms with van der Waals surface area (Å²) < 4.78 is 1.96. The van der Waals surface area contributed by atoms with Gasteiger partial charge in [-0.1, -0.05) is 0 Å². The van der Waals surface area contributed by atoms with Crippen LogP contribution in [0.25, 0.3) is 0 Å². The zero-order valence-corrected chi connectivity index (χ0v) is 9.24. The number of nitrogen functional groups attached to an aromatic ring is 1. The van der Waals surface area contributed by atoms with E-state index in [2.05, 4.69) is 10.00 Å². The molecule has 1 saturated carbocycles. The van der Waals surface area contributed by atoms with E-state index < -0.39 is 0 Å². The van der Waals surface area contributed by atoms with Crippen LogP contribution in [0.15, 0.2) is 0 Å². The third-order valence-electron chi connectivity index (χ3n) is 3.65. The minimum absolute atomic E-state index is 0.741. The summed E-state index contributed by atoms with van der Waals surface area (Å²) in [6.45, 7) is 2.34. The summed E-state index contributed by atoms with van der Waals surface area (Å²) in [5.74, 6) is 0.741. The molecule has 0 spiro atoms. The Hall–Kier alpha value is -1.03. The molecule has 2 N–H and O–H groups in total. The lowest BCUT2D eigenvalue weighted by atomic mass is 10.1. The summed E-state index contributed by atoms with van der Waals surface area (Å²) in [7, 11) is 2.00. The lowest BCUT2D eigenvalue weighted by molar-refractivity contribution is 0.276. The Kier molecular flexibility index (Phi) is 1.99. The van der Waals surface area contributed by atoms with Crippen molar-refractivity contribution < 1.29 is 0 Å². The van der Waals surface area contributed by atoms with Crippen molar-refractivity contribution in [1.29, 1.82) is 0 Å². The molecule has 2 heterocycles. The molecule has 1 aliphatic heterocycles. The van der Waals surface area contributed by atoms with Crippen LogP contribution in [0.1, 0.15) is 24.1 Å². The normalized spacial score (nSPS) is 22.5. The van der Waals surface area contributed by atoms with E-state index in [1.807, 2.05) is 11.7 Å². The van der Waals surface area contributed by atoms with Gasteiger partial charge in [0.2, 0.25) is 0 Å². The summed E-state index contributed by atoms with van der Waals surface area (Å²) in [5, 5.41) is 4.30. The third kappa shape index (κ3) is 1.53. The fourth-order valence-corrected chi connectivity index (χ4v) is 2.63. The predicted molar refractivity (Wildman–Crippen MR) is 59.6 cm³/mol. The van der Waals surface area contributed by atoms with Gasteiger partial charge in [0.1, 0.15) is 5.82 Å². The van der Waals surface area contributed by atoms with Gasteiger partial charge in [-0.15, -0.1) is 0 Å². The molecule has 4 heteroatoms. The first-order chi connectivity index (χ1) is 7.25. The van der Waals surface area contributed by atoms with Crippen molar-refractivity contribution in [3.8, 4) is 0 Å². The van der Waals surface area contributed by atoms with Crippen LogP contribution in [0.2, 0.25) is 0 Å². The van der Waals surface area contributed by atoms with Crippen LogP contribution >= 0.6 is 0 Å². The molecule has 4 nitrogen and oxygen atoms in total. The Morgan fingerprint density at radius 2 is 2.00 bits per heavy atom. The van der Waals surface area contributed by atoms with E-state index in [1.165, 1.54) is 30.6 Å². The number of aromatic nitrogens is 2. The molecule has 2 aliphatic rings. The highest BCUT2D eigenvalue weighted by atomic mass is 15.3. The summed E-state index contributed by atoms with van der Waals surface area (Å²) in [6.07, 6.45) is 4.96. The Morgan fingerprint density at radius 3 is 2.73 bits per heavy atom. The Labute approximate surface area is 90.0 Å². The first kappa shape index (κ1) is 9.21. The van der Waals surface area contributed by atoms with E-state index in [0.717, 1.165) is 31.2 Å². The largest absolute Gasteiger partial charge is 0.382 e. The van der Waals surface area contributed by atoms with Gasteiger partial charge >= 0.3 is 0 Å². The first-order valence-corrected chi connectivity index (χ1v) is 5.80. The lowest BCUT2D eigenvalue weighted by Gasteiger charge is -2.18. The van der Waals surface area contributed by atoms with Crippen LogP contribution in [-0.2, 0) is 19.9 Å². The van der Waals surface area contributed by atoms with E-state index in [1.54, 1.807) is 0 Å². The highest BCUT2D eigenvalue weighted by Gasteiger charge is 2.31. The quantitative estimate of drug-likeness (QED) is 0.730. The summed E-state index contributed by atoms with van der Waals surface area (Å²) >= 11 is 0. The van der Waals surface area contributed by atoms with Crippen LogP contribution in [0.4, 0.5) is 5.82 Å². The maximum Gasteiger partial charge on any atom is 0.148 e. The van der Waals surface area contributed by atoms with E-state index >= 15 is 0 Å². The van der Waals surface area contributed by atoms with Crippen molar-refractivity contribution in [2.75, 3.05) is 18.8 Å². The number of rotatable bonds is 1. The molecule has 1 aliphatic carbocycles. The number of aryl methyl sites for hydroxylation is 1. The van der Waals surface area contributed by atoms with E-state index in [4.69, 9.17) is 5.73 Å². The summed E-state index contributed by atoms with van der Waals surface area (Å²) in [5.41, 5.74) is 8.55. The SMILES string of the molecule is Cn1nc(N)c2c1CCN(C1CC1)CC2. The standard InChI is InChI=1S/C11H18N4/c1-14-10-5-7-15(8-2-3-8)6-4-9(10)11(12)13-14/h8H,2-7H2,1H3,(H2,12,13). The van der Waals surface area contributed by atoms with Gasteiger partial charge in [0.15, 0.2) is 0 Å². The zero-order chi connectivity index (χ0) is 10.4. The number of nitrogens with two attached hydrogens (primary N) is 1. The van der Waals surface area contributed by atoms with Gasteiger partial charge in [0.25, 0.3) is 0 Å². The van der Waals surface area contributed by atoms with Crippen molar-refractivity contribution in [2.45, 2.75) is 31.7 Å². The lowest BCUT2D eigenvalue weighted by Crippen LogP contribution is -2.28. The minimum Gasteiger partial charge on any atom is -0.382 e. The zero-order valence-electron chi connectivity index (χ0n) is 9.24. The van der Waals surface area contributed by atoms with Crippen molar-refractivity contribution in [2.24, 2.45) is 7.05 Å². The van der Waals surface area contributed by atoms with Gasteiger partial charge in [0.05, 0.1) is 0 Å². The summed E-state index contributed by atoms with van der Waals surface area (Å²) in [4.78, 5) is 2.61. The number of hydrogen-bond acceptors (Lipinski definition) is 3. The van der Waals surface area contributed by atoms with E-state index in [-0.39, 0.29) is 0 Å². The number of nitrogens with zero attached hydrogens (tertiary/aromatic N) is 3. The fraction of sp³-hybridized carbons (Fsp3) is 0.727. The van der Waals surface area contributed by atoms with Crippen molar-refractivity contribution >= 4 is 5.82 Å². The molecule has 0 unspecified atom stereocenters. The number of fused-ring (bicyclic) bond motifs is 1. The second kappa shape index (κ2) is 3.23. The molecule has 15 heavy (non-hydrogen) atoms. The molecule has 1 aromatic heterocycles. The molecule has 0 atom stereocenters. The molecule has 0 radical (unpaired) electrons. The molecule has 82 valence electrons. The summed E-state index contributed by atoms with van der Waals surface area (Å²) in [6, 6.07) is 0.869. The second-order valence-electron chi connectivity index (χ2n) is 4.70. The van der Waals surface area contributed by atoms with Gasteiger partial charge in [-0.2, -0.15) is 5.10 Å². The average molecular weight is 206 g/mol. The smallest absolute Gasteiger partial charge is 0.148 e. The van der Waals surface area contributed by atoms with Crippen molar-refractivity contribution in [3.63, 3.8) is 0 Å². The van der Waals surface area contributed by atoms with Gasteiger partial charge in [-0.05, 0) is 19.3 Å². The first-order valence-electron chi connectivity index (χ1n) is 5.80. The molecule has 1 aromatic rings. The topological polar surface area (TPSA) is 47.1 Å². The monoisotopic (exact) mass is 206 g/mol. The fourth-order valence-electron chi connectivity index (χ4n) is 2.63. The van der Waals surface area contributed by atoms with Crippen LogP contribution < -0.4 is 5.73 Å². The van der Waals surface area contributed by atoms with Gasteiger partial charge < -0.3 is 5.73 Å². The molecule has 0 saturated heterocycles. The second-order valence-corrected chi connectivity index (χ2v) is 4.70. The van der Waals surface area contributed by atoms with Crippen LogP contribution in [0, 0.1) is 0 Å². The van der Waals surface area contributed by atoms with Crippen LogP contribution in [0.5, 0.6) is 0 Å². The number of hydrogen-bond donors (Lipinski definition) is 1. The maximum atomic E-state index is 5.92. The predicted octanol–water partition coefficient (Wildman–Crippen LogP) is 0.565. The van der Waals surface area contributed by atoms with Gasteiger partial charge in [-0.25, -0.2) is 0 Å². The molecule has 1 fully saturated rings. The van der Waals surface area contributed by atoms with Crippen molar-refractivity contribution in [1.82, 2.24) is 14.7 Å². The molecule has 3 rings (SSSR count). The third-order valence-corrected chi connectivity index (χ3v) is 3.65.